The first-order valence-electron chi connectivity index (χ1n) is 4.85. The summed E-state index contributed by atoms with van der Waals surface area (Å²) in [6.45, 7) is 2.84. The number of anilines is 1. The second kappa shape index (κ2) is 4.54. The van der Waals surface area contributed by atoms with E-state index in [1.807, 2.05) is 19.1 Å². The van der Waals surface area contributed by atoms with Crippen molar-refractivity contribution in [3.63, 3.8) is 0 Å². The molecule has 2 heterocycles. The molecule has 0 fully saturated rings. The van der Waals surface area contributed by atoms with E-state index in [1.165, 1.54) is 11.9 Å². The van der Waals surface area contributed by atoms with Crippen molar-refractivity contribution in [3.8, 4) is 0 Å². The largest absolute Gasteiger partial charge is 0.370 e. The lowest BCUT2D eigenvalue weighted by molar-refractivity contribution is 0.897. The molecule has 2 aromatic heterocycles. The van der Waals surface area contributed by atoms with E-state index in [0.717, 1.165) is 24.6 Å². The van der Waals surface area contributed by atoms with Gasteiger partial charge >= 0.3 is 0 Å². The van der Waals surface area contributed by atoms with E-state index < -0.39 is 0 Å². The predicted molar refractivity (Wildman–Crippen MR) is 57.6 cm³/mol. The number of pyridine rings is 1. The fourth-order valence-electron chi connectivity index (χ4n) is 1.29. The first-order chi connectivity index (χ1) is 7.34. The molecule has 0 saturated heterocycles. The molecule has 0 unspecified atom stereocenters. The molecule has 0 bridgehead atoms. The van der Waals surface area contributed by atoms with Gasteiger partial charge < -0.3 is 5.32 Å². The number of nitrogens with zero attached hydrogens (tertiary/aromatic N) is 3. The van der Waals surface area contributed by atoms with E-state index in [2.05, 4.69) is 25.5 Å². The summed E-state index contributed by atoms with van der Waals surface area (Å²) in [6, 6.07) is 3.99. The van der Waals surface area contributed by atoms with Crippen molar-refractivity contribution in [2.75, 3.05) is 11.9 Å². The fraction of sp³-hybridized carbons (Fsp3) is 0.300. The Labute approximate surface area is 88.0 Å². The summed E-state index contributed by atoms with van der Waals surface area (Å²) in [5.74, 6) is 1.78. The van der Waals surface area contributed by atoms with Crippen LogP contribution in [0.3, 0.4) is 0 Å². The van der Waals surface area contributed by atoms with Gasteiger partial charge in [0.25, 0.3) is 0 Å². The monoisotopic (exact) mass is 203 g/mol. The zero-order valence-corrected chi connectivity index (χ0v) is 8.57. The lowest BCUT2D eigenvalue weighted by atomic mass is 10.3. The molecule has 2 aromatic rings. The summed E-state index contributed by atoms with van der Waals surface area (Å²) < 4.78 is 0. The second-order valence-corrected chi connectivity index (χ2v) is 3.33. The zero-order chi connectivity index (χ0) is 10.5. The van der Waals surface area contributed by atoms with Crippen molar-refractivity contribution in [2.45, 2.75) is 13.3 Å². The molecule has 78 valence electrons. The van der Waals surface area contributed by atoms with Crippen molar-refractivity contribution in [2.24, 2.45) is 0 Å². The standard InChI is InChI=1S/C10H13N5/c1-8-2-4-11-10(6-8)12-5-3-9-13-7-14-15-9/h2,4,6-7H,3,5H2,1H3,(H,11,12)(H,13,14,15). The highest BCUT2D eigenvalue weighted by atomic mass is 15.2. The average Bonchev–Trinajstić information content (AvgIpc) is 2.71. The SMILES string of the molecule is Cc1ccnc(NCCc2ncn[nH]2)c1. The molecule has 0 aliphatic heterocycles. The van der Waals surface area contributed by atoms with Gasteiger partial charge in [0.05, 0.1) is 0 Å². The number of H-pyrrole nitrogens is 1. The molecule has 0 aromatic carbocycles. The van der Waals surface area contributed by atoms with Crippen LogP contribution in [0.15, 0.2) is 24.7 Å². The number of nitrogens with one attached hydrogen (secondary N) is 2. The Morgan fingerprint density at radius 3 is 3.07 bits per heavy atom. The second-order valence-electron chi connectivity index (χ2n) is 3.33. The highest BCUT2D eigenvalue weighted by molar-refractivity contribution is 5.36. The van der Waals surface area contributed by atoms with Gasteiger partial charge in [-0.25, -0.2) is 9.97 Å². The van der Waals surface area contributed by atoms with Crippen LogP contribution in [0.4, 0.5) is 5.82 Å². The molecule has 0 aliphatic carbocycles. The maximum Gasteiger partial charge on any atom is 0.137 e. The Bertz CT molecular complexity index is 410. The summed E-state index contributed by atoms with van der Waals surface area (Å²) in [5.41, 5.74) is 1.20. The van der Waals surface area contributed by atoms with Crippen molar-refractivity contribution < 1.29 is 0 Å². The molecule has 5 heteroatoms. The Morgan fingerprint density at radius 1 is 1.40 bits per heavy atom. The van der Waals surface area contributed by atoms with E-state index in [1.54, 1.807) is 6.20 Å². The lowest BCUT2D eigenvalue weighted by Crippen LogP contribution is -2.07. The van der Waals surface area contributed by atoms with E-state index in [9.17, 15) is 0 Å². The van der Waals surface area contributed by atoms with Crippen molar-refractivity contribution >= 4 is 5.82 Å². The van der Waals surface area contributed by atoms with Gasteiger partial charge in [0.1, 0.15) is 18.0 Å². The maximum atomic E-state index is 4.20. The molecule has 0 atom stereocenters. The van der Waals surface area contributed by atoms with E-state index in [-0.39, 0.29) is 0 Å². The molecular formula is C10H13N5. The van der Waals surface area contributed by atoms with E-state index >= 15 is 0 Å². The van der Waals surface area contributed by atoms with Crippen LogP contribution in [0.1, 0.15) is 11.4 Å². The summed E-state index contributed by atoms with van der Waals surface area (Å²) in [6.07, 6.45) is 4.13. The van der Waals surface area contributed by atoms with Crippen molar-refractivity contribution in [3.05, 3.63) is 36.0 Å². The highest BCUT2D eigenvalue weighted by Gasteiger charge is 1.96. The summed E-state index contributed by atoms with van der Waals surface area (Å²) in [4.78, 5) is 8.24. The smallest absolute Gasteiger partial charge is 0.137 e. The number of hydrogen-bond donors (Lipinski definition) is 2. The van der Waals surface area contributed by atoms with Crippen LogP contribution in [-0.4, -0.2) is 26.7 Å². The Hall–Kier alpha value is -1.91. The summed E-state index contributed by atoms with van der Waals surface area (Å²) >= 11 is 0. The van der Waals surface area contributed by atoms with Crippen LogP contribution in [0.5, 0.6) is 0 Å². The Balaban J connectivity index is 1.83. The van der Waals surface area contributed by atoms with Gasteiger partial charge in [-0.1, -0.05) is 0 Å². The van der Waals surface area contributed by atoms with Gasteiger partial charge in [0.15, 0.2) is 0 Å². The topological polar surface area (TPSA) is 66.5 Å². The van der Waals surface area contributed by atoms with Crippen LogP contribution < -0.4 is 5.32 Å². The van der Waals surface area contributed by atoms with Gasteiger partial charge in [-0.2, -0.15) is 5.10 Å². The van der Waals surface area contributed by atoms with Crippen LogP contribution >= 0.6 is 0 Å². The van der Waals surface area contributed by atoms with Crippen LogP contribution in [-0.2, 0) is 6.42 Å². The van der Waals surface area contributed by atoms with Gasteiger partial charge in [-0.05, 0) is 24.6 Å². The Kier molecular flexibility index (Phi) is 2.92. The third kappa shape index (κ3) is 2.77. The average molecular weight is 203 g/mol. The number of rotatable bonds is 4. The molecule has 0 amide bonds. The molecule has 15 heavy (non-hydrogen) atoms. The van der Waals surface area contributed by atoms with Gasteiger partial charge in [-0.15, -0.1) is 0 Å². The number of aromatic nitrogens is 4. The summed E-state index contributed by atoms with van der Waals surface area (Å²) in [7, 11) is 0. The predicted octanol–water partition coefficient (Wildman–Crippen LogP) is 1.16. The molecule has 0 aliphatic rings. The summed E-state index contributed by atoms with van der Waals surface area (Å²) in [5, 5.41) is 9.82. The first kappa shape index (κ1) is 9.64. The highest BCUT2D eigenvalue weighted by Crippen LogP contribution is 2.04. The van der Waals surface area contributed by atoms with Gasteiger partial charge in [-0.3, -0.25) is 5.10 Å². The normalized spacial score (nSPS) is 10.2. The quantitative estimate of drug-likeness (QED) is 0.782. The molecule has 2 N–H and O–H groups in total. The minimum atomic E-state index is 0.797. The Morgan fingerprint density at radius 2 is 2.33 bits per heavy atom. The third-order valence-electron chi connectivity index (χ3n) is 2.05. The fourth-order valence-corrected chi connectivity index (χ4v) is 1.29. The van der Waals surface area contributed by atoms with E-state index in [4.69, 9.17) is 0 Å². The van der Waals surface area contributed by atoms with Crippen LogP contribution in [0.25, 0.3) is 0 Å². The van der Waals surface area contributed by atoms with Crippen molar-refractivity contribution in [1.82, 2.24) is 20.2 Å². The molecule has 0 radical (unpaired) electrons. The molecular weight excluding hydrogens is 190 g/mol. The molecule has 5 nitrogen and oxygen atoms in total. The van der Waals surface area contributed by atoms with Crippen LogP contribution in [0, 0.1) is 6.92 Å². The van der Waals surface area contributed by atoms with Gasteiger partial charge in [0, 0.05) is 19.2 Å². The number of hydrogen-bond acceptors (Lipinski definition) is 4. The zero-order valence-electron chi connectivity index (χ0n) is 8.57. The van der Waals surface area contributed by atoms with Crippen molar-refractivity contribution in [1.29, 1.82) is 0 Å². The van der Waals surface area contributed by atoms with E-state index in [0.29, 0.717) is 0 Å². The molecule has 0 spiro atoms. The number of aryl methyl sites for hydroxylation is 1. The molecule has 2 rings (SSSR count). The minimum absolute atomic E-state index is 0.797. The minimum Gasteiger partial charge on any atom is -0.370 e. The lowest BCUT2D eigenvalue weighted by Gasteiger charge is -2.04. The first-order valence-corrected chi connectivity index (χ1v) is 4.85. The number of aromatic amines is 1. The van der Waals surface area contributed by atoms with Crippen LogP contribution in [0.2, 0.25) is 0 Å². The third-order valence-corrected chi connectivity index (χ3v) is 2.05. The molecule has 0 saturated carbocycles. The maximum absolute atomic E-state index is 4.20. The van der Waals surface area contributed by atoms with Gasteiger partial charge in [0.2, 0.25) is 0 Å².